The van der Waals surface area contributed by atoms with Gasteiger partial charge in [-0.3, -0.25) is 9.48 Å². The molecule has 1 unspecified atom stereocenters. The van der Waals surface area contributed by atoms with Crippen LogP contribution in [0.2, 0.25) is 0 Å². The van der Waals surface area contributed by atoms with Crippen LogP contribution >= 0.6 is 12.4 Å². The highest BCUT2D eigenvalue weighted by Gasteiger charge is 2.20. The summed E-state index contributed by atoms with van der Waals surface area (Å²) >= 11 is 0. The van der Waals surface area contributed by atoms with Crippen molar-refractivity contribution in [3.8, 4) is 0 Å². The van der Waals surface area contributed by atoms with Crippen molar-refractivity contribution in [3.05, 3.63) is 17.5 Å². The van der Waals surface area contributed by atoms with E-state index in [1.807, 2.05) is 20.0 Å². The van der Waals surface area contributed by atoms with Gasteiger partial charge in [-0.2, -0.15) is 5.10 Å². The van der Waals surface area contributed by atoms with Gasteiger partial charge in [0.2, 0.25) is 0 Å². The van der Waals surface area contributed by atoms with Crippen LogP contribution in [0.5, 0.6) is 0 Å². The minimum absolute atomic E-state index is 0. The summed E-state index contributed by atoms with van der Waals surface area (Å²) in [6, 6.07) is 1.87. The summed E-state index contributed by atoms with van der Waals surface area (Å²) in [5, 5.41) is 4.25. The van der Waals surface area contributed by atoms with Crippen molar-refractivity contribution in [1.82, 2.24) is 14.7 Å². The number of carbonyl (C=O) groups excluding carboxylic acids is 1. The molecule has 0 spiro atoms. The van der Waals surface area contributed by atoms with Gasteiger partial charge in [0.25, 0.3) is 5.91 Å². The molecule has 0 saturated carbocycles. The zero-order chi connectivity index (χ0) is 13.2. The van der Waals surface area contributed by atoms with Crippen LogP contribution in [0, 0.1) is 0 Å². The topological polar surface area (TPSA) is 64.2 Å². The van der Waals surface area contributed by atoms with Crippen LogP contribution in [0.1, 0.15) is 42.9 Å². The van der Waals surface area contributed by atoms with Crippen LogP contribution in [-0.4, -0.2) is 40.2 Å². The lowest BCUT2D eigenvalue weighted by molar-refractivity contribution is 0.0741. The van der Waals surface area contributed by atoms with Gasteiger partial charge in [-0.15, -0.1) is 12.4 Å². The largest absolute Gasteiger partial charge is 0.336 e. The molecule has 1 aromatic rings. The Bertz CT molecular complexity index is 403. The molecule has 0 aliphatic carbocycles. The van der Waals surface area contributed by atoms with Crippen LogP contribution in [0.25, 0.3) is 0 Å². The Labute approximate surface area is 115 Å². The molecule has 1 amide bonds. The van der Waals surface area contributed by atoms with Crippen LogP contribution < -0.4 is 5.73 Å². The van der Waals surface area contributed by atoms with Crippen LogP contribution in [0.3, 0.4) is 0 Å². The van der Waals surface area contributed by atoms with Gasteiger partial charge in [-0.25, -0.2) is 0 Å². The first-order valence-corrected chi connectivity index (χ1v) is 5.89. The average molecular weight is 275 g/mol. The smallest absolute Gasteiger partial charge is 0.274 e. The van der Waals surface area contributed by atoms with Crippen LogP contribution in [0.4, 0.5) is 0 Å². The summed E-state index contributed by atoms with van der Waals surface area (Å²) in [4.78, 5) is 13.8. The number of carbonyl (C=O) groups is 1. The second kappa shape index (κ2) is 6.75. The molecule has 0 aromatic carbocycles. The molecule has 1 rings (SSSR count). The van der Waals surface area contributed by atoms with Crippen molar-refractivity contribution in [2.24, 2.45) is 12.8 Å². The van der Waals surface area contributed by atoms with E-state index in [9.17, 15) is 4.79 Å². The lowest BCUT2D eigenvalue weighted by Gasteiger charge is -2.22. The molecule has 1 heterocycles. The molecule has 0 bridgehead atoms. The molecule has 104 valence electrons. The van der Waals surface area contributed by atoms with Crippen LogP contribution in [0.15, 0.2) is 6.07 Å². The van der Waals surface area contributed by atoms with Gasteiger partial charge < -0.3 is 10.6 Å². The fourth-order valence-corrected chi connectivity index (χ4v) is 1.67. The van der Waals surface area contributed by atoms with E-state index < -0.39 is 0 Å². The predicted molar refractivity (Wildman–Crippen MR) is 75.2 cm³/mol. The molecule has 1 aromatic heterocycles. The summed E-state index contributed by atoms with van der Waals surface area (Å²) in [6.07, 6.45) is 0. The molecule has 0 fully saturated rings. The van der Waals surface area contributed by atoms with Gasteiger partial charge >= 0.3 is 0 Å². The fourth-order valence-electron chi connectivity index (χ4n) is 1.67. The van der Waals surface area contributed by atoms with Crippen molar-refractivity contribution >= 4 is 18.3 Å². The number of aryl methyl sites for hydroxylation is 1. The maximum absolute atomic E-state index is 12.1. The van der Waals surface area contributed by atoms with E-state index in [0.717, 1.165) is 5.69 Å². The summed E-state index contributed by atoms with van der Waals surface area (Å²) in [5.74, 6) is 0.275. The normalized spacial score (nSPS) is 12.2. The number of likely N-dealkylation sites (N-methyl/N-ethyl adjacent to an activating group) is 1. The Kier molecular flexibility index (Phi) is 6.35. The second-order valence-electron chi connectivity index (χ2n) is 4.73. The SMILES string of the molecule is CC(C)c1cc(C(=O)N(C)C(C)CN)nn1C.Cl. The molecule has 2 N–H and O–H groups in total. The van der Waals surface area contributed by atoms with E-state index in [-0.39, 0.29) is 24.4 Å². The highest BCUT2D eigenvalue weighted by atomic mass is 35.5. The summed E-state index contributed by atoms with van der Waals surface area (Å²) in [7, 11) is 3.61. The number of halogens is 1. The van der Waals surface area contributed by atoms with E-state index in [1.165, 1.54) is 0 Å². The van der Waals surface area contributed by atoms with Crippen LogP contribution in [-0.2, 0) is 7.05 Å². The van der Waals surface area contributed by atoms with Crippen molar-refractivity contribution in [1.29, 1.82) is 0 Å². The zero-order valence-electron chi connectivity index (χ0n) is 11.7. The summed E-state index contributed by atoms with van der Waals surface area (Å²) < 4.78 is 1.76. The minimum atomic E-state index is -0.0783. The maximum Gasteiger partial charge on any atom is 0.274 e. The first kappa shape index (κ1) is 16.9. The number of hydrogen-bond acceptors (Lipinski definition) is 3. The number of aromatic nitrogens is 2. The molecule has 0 saturated heterocycles. The monoisotopic (exact) mass is 274 g/mol. The summed E-state index contributed by atoms with van der Waals surface area (Å²) in [5.41, 5.74) is 7.10. The Hall–Kier alpha value is -1.07. The second-order valence-corrected chi connectivity index (χ2v) is 4.73. The van der Waals surface area contributed by atoms with Crippen molar-refractivity contribution in [2.45, 2.75) is 32.7 Å². The Morgan fingerprint density at radius 1 is 1.50 bits per heavy atom. The van der Waals surface area contributed by atoms with E-state index in [2.05, 4.69) is 18.9 Å². The van der Waals surface area contributed by atoms with Crippen molar-refractivity contribution in [3.63, 3.8) is 0 Å². The van der Waals surface area contributed by atoms with Gasteiger partial charge in [0, 0.05) is 32.4 Å². The molecular formula is C12H23ClN4O. The third-order valence-corrected chi connectivity index (χ3v) is 3.05. The molecule has 18 heavy (non-hydrogen) atoms. The Balaban J connectivity index is 0.00000289. The van der Waals surface area contributed by atoms with E-state index in [1.54, 1.807) is 16.6 Å². The quantitative estimate of drug-likeness (QED) is 0.902. The molecule has 1 atom stereocenters. The van der Waals surface area contributed by atoms with Gasteiger partial charge in [0.1, 0.15) is 0 Å². The highest BCUT2D eigenvalue weighted by Crippen LogP contribution is 2.15. The molecule has 5 nitrogen and oxygen atoms in total. The number of rotatable bonds is 4. The number of nitrogens with zero attached hydrogens (tertiary/aromatic N) is 3. The first-order valence-electron chi connectivity index (χ1n) is 5.89. The van der Waals surface area contributed by atoms with Gasteiger partial charge in [0.15, 0.2) is 5.69 Å². The van der Waals surface area contributed by atoms with Gasteiger partial charge in [0.05, 0.1) is 0 Å². The highest BCUT2D eigenvalue weighted by molar-refractivity contribution is 5.92. The lowest BCUT2D eigenvalue weighted by Crippen LogP contribution is -2.39. The third-order valence-electron chi connectivity index (χ3n) is 3.05. The first-order chi connectivity index (χ1) is 7.88. The molecule has 0 aliphatic heterocycles. The van der Waals surface area contributed by atoms with E-state index >= 15 is 0 Å². The summed E-state index contributed by atoms with van der Waals surface area (Å²) in [6.45, 7) is 6.53. The van der Waals surface area contributed by atoms with Gasteiger partial charge in [-0.05, 0) is 18.9 Å². The standard InChI is InChI=1S/C12H22N4O.ClH/c1-8(2)11-6-10(14-16(11)5)12(17)15(4)9(3)7-13;/h6,8-9H,7,13H2,1-5H3;1H. The van der Waals surface area contributed by atoms with Crippen molar-refractivity contribution in [2.75, 3.05) is 13.6 Å². The fraction of sp³-hybridized carbons (Fsp3) is 0.667. The van der Waals surface area contributed by atoms with E-state index in [0.29, 0.717) is 18.2 Å². The number of amides is 1. The Morgan fingerprint density at radius 3 is 2.44 bits per heavy atom. The third kappa shape index (κ3) is 3.46. The number of hydrogen-bond donors (Lipinski definition) is 1. The number of nitrogens with two attached hydrogens (primary N) is 1. The van der Waals surface area contributed by atoms with E-state index in [4.69, 9.17) is 5.73 Å². The lowest BCUT2D eigenvalue weighted by atomic mass is 10.1. The molecular weight excluding hydrogens is 252 g/mol. The minimum Gasteiger partial charge on any atom is -0.336 e. The molecule has 0 radical (unpaired) electrons. The molecule has 6 heteroatoms. The predicted octanol–water partition coefficient (Wildman–Crippen LogP) is 1.38. The maximum atomic E-state index is 12.1. The Morgan fingerprint density at radius 2 is 2.06 bits per heavy atom. The zero-order valence-corrected chi connectivity index (χ0v) is 12.5. The molecule has 0 aliphatic rings. The van der Waals surface area contributed by atoms with Gasteiger partial charge in [-0.1, -0.05) is 13.8 Å². The van der Waals surface area contributed by atoms with Crippen molar-refractivity contribution < 1.29 is 4.79 Å². The average Bonchev–Trinajstić information content (AvgIpc) is 2.68.